The second kappa shape index (κ2) is 7.95. The van der Waals surface area contributed by atoms with Gasteiger partial charge in [-0.15, -0.1) is 11.3 Å². The predicted octanol–water partition coefficient (Wildman–Crippen LogP) is 2.15. The Balaban J connectivity index is 1.55. The van der Waals surface area contributed by atoms with Gasteiger partial charge in [0.1, 0.15) is 0 Å². The quantitative estimate of drug-likeness (QED) is 0.734. The average Bonchev–Trinajstić information content (AvgIpc) is 3.23. The molecule has 0 spiro atoms. The lowest BCUT2D eigenvalue weighted by molar-refractivity contribution is -0.858. The van der Waals surface area contributed by atoms with Gasteiger partial charge < -0.3 is 15.1 Å². The van der Waals surface area contributed by atoms with Gasteiger partial charge in [-0.05, 0) is 54.8 Å². The normalized spacial score (nSPS) is 26.0. The summed E-state index contributed by atoms with van der Waals surface area (Å²) in [5, 5.41) is 6.85. The van der Waals surface area contributed by atoms with Crippen molar-refractivity contribution in [1.29, 1.82) is 0 Å². The van der Waals surface area contributed by atoms with Crippen LogP contribution in [0.5, 0.6) is 0 Å². The van der Waals surface area contributed by atoms with Gasteiger partial charge in [0.15, 0.2) is 5.11 Å². The van der Waals surface area contributed by atoms with Crippen LogP contribution in [-0.4, -0.2) is 43.2 Å². The van der Waals surface area contributed by atoms with Crippen LogP contribution in [0.15, 0.2) is 17.5 Å². The molecular weight excluding hydrogens is 322 g/mol. The van der Waals surface area contributed by atoms with Crippen LogP contribution in [0.4, 0.5) is 0 Å². The van der Waals surface area contributed by atoms with E-state index in [4.69, 9.17) is 12.2 Å². The van der Waals surface area contributed by atoms with Crippen molar-refractivity contribution < 1.29 is 4.90 Å². The number of nitrogens with one attached hydrogen (secondary N) is 2. The van der Waals surface area contributed by atoms with Crippen LogP contribution in [0.2, 0.25) is 0 Å². The summed E-state index contributed by atoms with van der Waals surface area (Å²) in [4.78, 5) is 5.29. The van der Waals surface area contributed by atoms with E-state index in [0.29, 0.717) is 6.04 Å². The molecule has 0 saturated heterocycles. The molecule has 5 heteroatoms. The van der Waals surface area contributed by atoms with E-state index in [9.17, 15) is 0 Å². The van der Waals surface area contributed by atoms with Crippen LogP contribution in [0.3, 0.4) is 0 Å². The zero-order chi connectivity index (χ0) is 16.2. The number of fused-ring (bicyclic) bond motifs is 2. The van der Waals surface area contributed by atoms with E-state index in [-0.39, 0.29) is 0 Å². The summed E-state index contributed by atoms with van der Waals surface area (Å²) in [5.74, 6) is 1.83. The molecule has 0 amide bonds. The minimum atomic E-state index is 0.631. The van der Waals surface area contributed by atoms with E-state index in [1.165, 1.54) is 48.4 Å². The van der Waals surface area contributed by atoms with E-state index in [1.54, 1.807) is 0 Å². The number of thiophene rings is 1. The minimum Gasteiger partial charge on any atom is -0.360 e. The highest BCUT2D eigenvalue weighted by atomic mass is 32.1. The molecule has 0 unspecified atom stereocenters. The standard InChI is InChI=1S/C18H29N3S2/c1-20(2)8-4-9-21(13-16-5-3-10-23-16)18(22)19-17-12-14-6-7-15(17)11-14/h3,5,10,14-15,17H,4,6-9,11-13H2,1-2H3,(H,19,22)/p+1/t14-,15-,17+/m1/s1. The Kier molecular flexibility index (Phi) is 5.94. The third kappa shape index (κ3) is 4.68. The van der Waals surface area contributed by atoms with E-state index in [2.05, 4.69) is 41.8 Å². The predicted molar refractivity (Wildman–Crippen MR) is 102 cm³/mol. The molecule has 2 aliphatic carbocycles. The molecule has 3 atom stereocenters. The molecule has 1 aromatic rings. The Morgan fingerprint density at radius 1 is 1.39 bits per heavy atom. The molecule has 0 aromatic carbocycles. The second-order valence-corrected chi connectivity index (χ2v) is 8.96. The summed E-state index contributed by atoms with van der Waals surface area (Å²) >= 11 is 7.62. The first-order chi connectivity index (χ1) is 11.1. The number of nitrogens with zero attached hydrogens (tertiary/aromatic N) is 1. The molecule has 128 valence electrons. The Bertz CT molecular complexity index is 500. The van der Waals surface area contributed by atoms with Crippen molar-refractivity contribution in [3.8, 4) is 0 Å². The summed E-state index contributed by atoms with van der Waals surface area (Å²) in [7, 11) is 4.44. The fourth-order valence-corrected chi connectivity index (χ4v) is 5.16. The average molecular weight is 353 g/mol. The van der Waals surface area contributed by atoms with Crippen molar-refractivity contribution in [3.05, 3.63) is 22.4 Å². The van der Waals surface area contributed by atoms with Gasteiger partial charge in [0.05, 0.1) is 27.2 Å². The summed E-state index contributed by atoms with van der Waals surface area (Å²) in [5.41, 5.74) is 0. The Labute approximate surface area is 150 Å². The smallest absolute Gasteiger partial charge is 0.169 e. The van der Waals surface area contributed by atoms with E-state index < -0.39 is 0 Å². The monoisotopic (exact) mass is 352 g/mol. The first-order valence-corrected chi connectivity index (χ1v) is 10.3. The van der Waals surface area contributed by atoms with Crippen LogP contribution < -0.4 is 10.2 Å². The third-order valence-electron chi connectivity index (χ3n) is 5.37. The maximum Gasteiger partial charge on any atom is 0.169 e. The maximum atomic E-state index is 5.79. The fraction of sp³-hybridized carbons (Fsp3) is 0.722. The van der Waals surface area contributed by atoms with Crippen LogP contribution in [0.25, 0.3) is 0 Å². The van der Waals surface area contributed by atoms with Gasteiger partial charge in [0.2, 0.25) is 0 Å². The van der Waals surface area contributed by atoms with E-state index >= 15 is 0 Å². The van der Waals surface area contributed by atoms with E-state index in [1.807, 2.05) is 11.3 Å². The van der Waals surface area contributed by atoms with Crippen LogP contribution in [0, 0.1) is 11.8 Å². The van der Waals surface area contributed by atoms with Crippen molar-refractivity contribution in [2.45, 2.75) is 44.7 Å². The van der Waals surface area contributed by atoms with Crippen molar-refractivity contribution in [2.75, 3.05) is 27.2 Å². The summed E-state index contributed by atoms with van der Waals surface area (Å²) in [6.07, 6.45) is 6.79. The summed E-state index contributed by atoms with van der Waals surface area (Å²) < 4.78 is 0. The van der Waals surface area contributed by atoms with Crippen LogP contribution >= 0.6 is 23.6 Å². The molecule has 1 heterocycles. The third-order valence-corrected chi connectivity index (χ3v) is 6.60. The Morgan fingerprint density at radius 3 is 2.87 bits per heavy atom. The second-order valence-electron chi connectivity index (χ2n) is 7.54. The number of thiocarbonyl (C=S) groups is 1. The highest BCUT2D eigenvalue weighted by molar-refractivity contribution is 7.80. The molecule has 23 heavy (non-hydrogen) atoms. The number of hydrogen-bond acceptors (Lipinski definition) is 2. The number of hydrogen-bond donors (Lipinski definition) is 2. The lowest BCUT2D eigenvalue weighted by Gasteiger charge is -2.31. The molecule has 2 fully saturated rings. The Hall–Kier alpha value is -0.650. The minimum absolute atomic E-state index is 0.631. The van der Waals surface area contributed by atoms with Gasteiger partial charge in [-0.3, -0.25) is 0 Å². The van der Waals surface area contributed by atoms with Gasteiger partial charge in [0, 0.05) is 23.9 Å². The topological polar surface area (TPSA) is 19.7 Å². The van der Waals surface area contributed by atoms with Gasteiger partial charge >= 0.3 is 0 Å². The maximum absolute atomic E-state index is 5.79. The first kappa shape index (κ1) is 17.2. The van der Waals surface area contributed by atoms with Crippen molar-refractivity contribution in [3.63, 3.8) is 0 Å². The van der Waals surface area contributed by atoms with Crippen molar-refractivity contribution in [1.82, 2.24) is 10.2 Å². The molecular formula is C18H30N3S2+. The number of quaternary nitrogens is 1. The zero-order valence-electron chi connectivity index (χ0n) is 14.4. The van der Waals surface area contributed by atoms with Crippen molar-refractivity contribution in [2.24, 2.45) is 11.8 Å². The Morgan fingerprint density at radius 2 is 2.26 bits per heavy atom. The molecule has 2 bridgehead atoms. The fourth-order valence-electron chi connectivity index (χ4n) is 4.14. The summed E-state index contributed by atoms with van der Waals surface area (Å²) in [6, 6.07) is 4.98. The van der Waals surface area contributed by atoms with Crippen LogP contribution in [-0.2, 0) is 6.54 Å². The lowest BCUT2D eigenvalue weighted by Crippen LogP contribution is -3.05. The summed E-state index contributed by atoms with van der Waals surface area (Å²) in [6.45, 7) is 3.19. The molecule has 1 aromatic heterocycles. The van der Waals surface area contributed by atoms with Gasteiger partial charge in [-0.25, -0.2) is 0 Å². The van der Waals surface area contributed by atoms with Gasteiger partial charge in [-0.1, -0.05) is 12.5 Å². The molecule has 2 saturated carbocycles. The van der Waals surface area contributed by atoms with Gasteiger partial charge in [0.25, 0.3) is 0 Å². The molecule has 3 nitrogen and oxygen atoms in total. The van der Waals surface area contributed by atoms with Crippen molar-refractivity contribution >= 4 is 28.7 Å². The van der Waals surface area contributed by atoms with Gasteiger partial charge in [-0.2, -0.15) is 0 Å². The van der Waals surface area contributed by atoms with Crippen LogP contribution in [0.1, 0.15) is 37.0 Å². The zero-order valence-corrected chi connectivity index (χ0v) is 16.0. The largest absolute Gasteiger partial charge is 0.360 e. The highest BCUT2D eigenvalue weighted by Gasteiger charge is 2.40. The molecule has 2 N–H and O–H groups in total. The first-order valence-electron chi connectivity index (χ1n) is 8.98. The molecule has 0 radical (unpaired) electrons. The SMILES string of the molecule is C[NH+](C)CCCN(Cc1cccs1)C(=S)N[C@H]1C[C@@H]2CC[C@@H]1C2. The molecule has 3 rings (SSSR count). The lowest BCUT2D eigenvalue weighted by atomic mass is 9.95. The van der Waals surface area contributed by atoms with E-state index in [0.717, 1.165) is 30.0 Å². The number of rotatable bonds is 7. The molecule has 2 aliphatic rings. The highest BCUT2D eigenvalue weighted by Crippen LogP contribution is 2.44. The molecule has 0 aliphatic heterocycles.